The Morgan fingerprint density at radius 3 is 2.52 bits per heavy atom. The van der Waals surface area contributed by atoms with Gasteiger partial charge in [-0.3, -0.25) is 9.48 Å². The van der Waals surface area contributed by atoms with Gasteiger partial charge in [0, 0.05) is 23.6 Å². The second kappa shape index (κ2) is 9.09. The molecule has 0 saturated carbocycles. The molecule has 4 rings (SSSR count). The molecule has 0 atom stereocenters. The van der Waals surface area contributed by atoms with E-state index in [1.807, 2.05) is 59.4 Å². The monoisotopic (exact) mass is 411 g/mol. The smallest absolute Gasteiger partial charge is 0.337 e. The zero-order valence-corrected chi connectivity index (χ0v) is 17.0. The molecule has 154 valence electrons. The molecular formula is C25H21N3O3. The van der Waals surface area contributed by atoms with Gasteiger partial charge in [0.25, 0.3) is 5.91 Å². The van der Waals surface area contributed by atoms with Crippen LogP contribution in [0.4, 0.5) is 5.69 Å². The zero-order valence-electron chi connectivity index (χ0n) is 17.0. The number of rotatable bonds is 6. The SMILES string of the molecule is COC(=O)c1cccc(NC(=O)c2ccccc2-c2ccc(Cn3cccn3)cc2)c1. The van der Waals surface area contributed by atoms with E-state index >= 15 is 0 Å². The fourth-order valence-corrected chi connectivity index (χ4v) is 3.34. The van der Waals surface area contributed by atoms with E-state index in [1.165, 1.54) is 7.11 Å². The Balaban J connectivity index is 1.56. The van der Waals surface area contributed by atoms with Crippen LogP contribution in [0.5, 0.6) is 0 Å². The molecule has 6 heteroatoms. The van der Waals surface area contributed by atoms with E-state index in [4.69, 9.17) is 4.74 Å². The van der Waals surface area contributed by atoms with Crippen LogP contribution in [0.2, 0.25) is 0 Å². The summed E-state index contributed by atoms with van der Waals surface area (Å²) in [7, 11) is 1.32. The Morgan fingerprint density at radius 2 is 1.77 bits per heavy atom. The molecule has 1 heterocycles. The summed E-state index contributed by atoms with van der Waals surface area (Å²) >= 11 is 0. The van der Waals surface area contributed by atoms with Crippen LogP contribution in [0.1, 0.15) is 26.3 Å². The van der Waals surface area contributed by atoms with Crippen molar-refractivity contribution in [3.05, 3.63) is 108 Å². The molecule has 0 spiro atoms. The summed E-state index contributed by atoms with van der Waals surface area (Å²) in [5.41, 5.74) is 4.34. The molecule has 1 amide bonds. The molecule has 0 aliphatic heterocycles. The van der Waals surface area contributed by atoms with Crippen molar-refractivity contribution in [3.63, 3.8) is 0 Å². The fraction of sp³-hybridized carbons (Fsp3) is 0.0800. The molecule has 31 heavy (non-hydrogen) atoms. The lowest BCUT2D eigenvalue weighted by Gasteiger charge is -2.12. The molecule has 0 saturated heterocycles. The van der Waals surface area contributed by atoms with Crippen molar-refractivity contribution in [2.45, 2.75) is 6.54 Å². The summed E-state index contributed by atoms with van der Waals surface area (Å²) in [5, 5.41) is 7.10. The van der Waals surface area contributed by atoms with E-state index < -0.39 is 5.97 Å². The van der Waals surface area contributed by atoms with Gasteiger partial charge in [-0.1, -0.05) is 48.5 Å². The summed E-state index contributed by atoms with van der Waals surface area (Å²) in [6.07, 6.45) is 3.67. The van der Waals surface area contributed by atoms with Gasteiger partial charge in [-0.05, 0) is 47.0 Å². The number of nitrogens with zero attached hydrogens (tertiary/aromatic N) is 2. The van der Waals surface area contributed by atoms with Crippen molar-refractivity contribution in [1.29, 1.82) is 0 Å². The van der Waals surface area contributed by atoms with Crippen molar-refractivity contribution in [2.75, 3.05) is 12.4 Å². The third-order valence-electron chi connectivity index (χ3n) is 4.88. The van der Waals surface area contributed by atoms with Gasteiger partial charge in [0.15, 0.2) is 0 Å². The van der Waals surface area contributed by atoms with Gasteiger partial charge >= 0.3 is 5.97 Å². The summed E-state index contributed by atoms with van der Waals surface area (Å²) in [6, 6.07) is 24.1. The standard InChI is InChI=1S/C25H21N3O3/c1-31-25(30)20-6-4-7-21(16-20)27-24(29)23-9-3-2-8-22(23)19-12-10-18(11-13-19)17-28-15-5-14-26-28/h2-16H,17H2,1H3,(H,27,29). The first-order chi connectivity index (χ1) is 15.1. The predicted octanol–water partition coefficient (Wildman–Crippen LogP) is 4.64. The number of benzene rings is 3. The summed E-state index contributed by atoms with van der Waals surface area (Å²) in [5.74, 6) is -0.704. The van der Waals surface area contributed by atoms with Crippen LogP contribution in [-0.2, 0) is 11.3 Å². The number of hydrogen-bond acceptors (Lipinski definition) is 4. The lowest BCUT2D eigenvalue weighted by molar-refractivity contribution is 0.0600. The van der Waals surface area contributed by atoms with Crippen LogP contribution in [0.25, 0.3) is 11.1 Å². The maximum Gasteiger partial charge on any atom is 0.337 e. The molecule has 1 aromatic heterocycles. The van der Waals surface area contributed by atoms with E-state index in [1.54, 1.807) is 36.5 Å². The Labute approximate surface area is 180 Å². The number of hydrogen-bond donors (Lipinski definition) is 1. The number of carbonyl (C=O) groups is 2. The first-order valence-corrected chi connectivity index (χ1v) is 9.79. The van der Waals surface area contributed by atoms with Gasteiger partial charge in [-0.2, -0.15) is 5.10 Å². The van der Waals surface area contributed by atoms with Crippen LogP contribution in [0, 0.1) is 0 Å². The Kier molecular flexibility index (Phi) is 5.89. The molecule has 0 aliphatic carbocycles. The fourth-order valence-electron chi connectivity index (χ4n) is 3.34. The van der Waals surface area contributed by atoms with Gasteiger partial charge in [0.1, 0.15) is 0 Å². The van der Waals surface area contributed by atoms with Gasteiger partial charge in [-0.25, -0.2) is 4.79 Å². The van der Waals surface area contributed by atoms with Crippen LogP contribution in [0.3, 0.4) is 0 Å². The average molecular weight is 411 g/mol. The zero-order chi connectivity index (χ0) is 21.6. The van der Waals surface area contributed by atoms with Gasteiger partial charge in [0.2, 0.25) is 0 Å². The highest BCUT2D eigenvalue weighted by molar-refractivity contribution is 6.09. The van der Waals surface area contributed by atoms with Crippen molar-refractivity contribution < 1.29 is 14.3 Å². The van der Waals surface area contributed by atoms with Crippen LogP contribution < -0.4 is 5.32 Å². The third kappa shape index (κ3) is 4.70. The molecule has 0 unspecified atom stereocenters. The van der Waals surface area contributed by atoms with E-state index in [2.05, 4.69) is 10.4 Å². The highest BCUT2D eigenvalue weighted by Crippen LogP contribution is 2.25. The van der Waals surface area contributed by atoms with Crippen LogP contribution >= 0.6 is 0 Å². The minimum atomic E-state index is -0.452. The van der Waals surface area contributed by atoms with Gasteiger partial charge in [0.05, 0.1) is 19.2 Å². The predicted molar refractivity (Wildman–Crippen MR) is 119 cm³/mol. The quantitative estimate of drug-likeness (QED) is 0.469. The van der Waals surface area contributed by atoms with Crippen molar-refractivity contribution in [1.82, 2.24) is 9.78 Å². The number of methoxy groups -OCH3 is 1. The first kappa shape index (κ1) is 20.1. The third-order valence-corrected chi connectivity index (χ3v) is 4.88. The Morgan fingerprint density at radius 1 is 0.968 bits per heavy atom. The Hall–Kier alpha value is -4.19. The molecule has 0 bridgehead atoms. The maximum atomic E-state index is 13.0. The molecular weight excluding hydrogens is 390 g/mol. The second-order valence-corrected chi connectivity index (χ2v) is 6.97. The van der Waals surface area contributed by atoms with E-state index in [0.717, 1.165) is 16.7 Å². The highest BCUT2D eigenvalue weighted by Gasteiger charge is 2.14. The normalized spacial score (nSPS) is 10.5. The maximum absolute atomic E-state index is 13.0. The van der Waals surface area contributed by atoms with Crippen molar-refractivity contribution >= 4 is 17.6 Å². The number of aromatic nitrogens is 2. The molecule has 0 fully saturated rings. The second-order valence-electron chi connectivity index (χ2n) is 6.97. The molecule has 4 aromatic rings. The minimum Gasteiger partial charge on any atom is -0.465 e. The van der Waals surface area contributed by atoms with E-state index in [0.29, 0.717) is 23.4 Å². The van der Waals surface area contributed by atoms with Crippen molar-refractivity contribution in [2.24, 2.45) is 0 Å². The number of anilines is 1. The minimum absolute atomic E-state index is 0.252. The number of nitrogens with one attached hydrogen (secondary N) is 1. The summed E-state index contributed by atoms with van der Waals surface area (Å²) in [4.78, 5) is 24.7. The Bertz CT molecular complexity index is 1200. The molecule has 6 nitrogen and oxygen atoms in total. The van der Waals surface area contributed by atoms with E-state index in [9.17, 15) is 9.59 Å². The number of carbonyl (C=O) groups excluding carboxylic acids is 2. The van der Waals surface area contributed by atoms with Crippen molar-refractivity contribution in [3.8, 4) is 11.1 Å². The lowest BCUT2D eigenvalue weighted by Crippen LogP contribution is -2.13. The van der Waals surface area contributed by atoms with Gasteiger partial charge < -0.3 is 10.1 Å². The van der Waals surface area contributed by atoms with E-state index in [-0.39, 0.29) is 5.91 Å². The first-order valence-electron chi connectivity index (χ1n) is 9.79. The number of amides is 1. The van der Waals surface area contributed by atoms with Crippen LogP contribution in [-0.4, -0.2) is 28.8 Å². The summed E-state index contributed by atoms with van der Waals surface area (Å²) in [6.45, 7) is 0.686. The number of esters is 1. The number of ether oxygens (including phenoxy) is 1. The molecule has 0 aliphatic rings. The van der Waals surface area contributed by atoms with Gasteiger partial charge in [-0.15, -0.1) is 0 Å². The highest BCUT2D eigenvalue weighted by atomic mass is 16.5. The topological polar surface area (TPSA) is 73.2 Å². The lowest BCUT2D eigenvalue weighted by atomic mass is 9.98. The average Bonchev–Trinajstić information content (AvgIpc) is 3.32. The molecule has 1 N–H and O–H groups in total. The van der Waals surface area contributed by atoms with Crippen LogP contribution in [0.15, 0.2) is 91.3 Å². The summed E-state index contributed by atoms with van der Waals surface area (Å²) < 4.78 is 6.60. The molecule has 3 aromatic carbocycles. The largest absolute Gasteiger partial charge is 0.465 e. The molecule has 0 radical (unpaired) electrons.